The Hall–Kier alpha value is -3.54. The number of pyridine rings is 1. The zero-order valence-corrected chi connectivity index (χ0v) is 15.4. The molecule has 0 aliphatic heterocycles. The molecule has 0 spiro atoms. The molecule has 1 amide bonds. The van der Waals surface area contributed by atoms with E-state index in [0.717, 1.165) is 16.7 Å². The quantitative estimate of drug-likeness (QED) is 0.718. The number of carbonyl (C=O) groups excluding carboxylic acids is 1. The SMILES string of the molecule is COc1ccc(-c2ccc(NC(=O)c3cccc(C)c3)nc2N)cc1OC. The first kappa shape index (κ1) is 18.3. The number of rotatable bonds is 5. The molecule has 6 heteroatoms. The van der Waals surface area contributed by atoms with Crippen molar-refractivity contribution in [3.8, 4) is 22.6 Å². The lowest BCUT2D eigenvalue weighted by Gasteiger charge is -2.12. The van der Waals surface area contributed by atoms with E-state index in [-0.39, 0.29) is 5.91 Å². The second-order valence-electron chi connectivity index (χ2n) is 6.02. The molecule has 0 aliphatic carbocycles. The summed E-state index contributed by atoms with van der Waals surface area (Å²) in [6, 6.07) is 16.4. The van der Waals surface area contributed by atoms with E-state index in [2.05, 4.69) is 10.3 Å². The van der Waals surface area contributed by atoms with Gasteiger partial charge >= 0.3 is 0 Å². The van der Waals surface area contributed by atoms with Crippen LogP contribution in [0, 0.1) is 6.92 Å². The Kier molecular flexibility index (Phi) is 5.26. The van der Waals surface area contributed by atoms with Gasteiger partial charge in [-0.25, -0.2) is 4.98 Å². The predicted octanol–water partition coefficient (Wildman–Crippen LogP) is 3.91. The zero-order valence-electron chi connectivity index (χ0n) is 15.4. The molecule has 1 heterocycles. The van der Waals surface area contributed by atoms with Crippen molar-refractivity contribution in [3.63, 3.8) is 0 Å². The van der Waals surface area contributed by atoms with Crippen molar-refractivity contribution in [2.24, 2.45) is 0 Å². The van der Waals surface area contributed by atoms with Gasteiger partial charge in [0.05, 0.1) is 14.2 Å². The number of nitrogens with one attached hydrogen (secondary N) is 1. The Labute approximate surface area is 158 Å². The lowest BCUT2D eigenvalue weighted by molar-refractivity contribution is 0.102. The standard InChI is InChI=1S/C21H21N3O3/c1-13-5-4-6-15(11-13)21(25)24-19-10-8-16(20(22)23-19)14-7-9-17(26-2)18(12-14)27-3/h4-12H,1-3H3,(H3,22,23,24,25). The van der Waals surface area contributed by atoms with E-state index in [1.807, 2.05) is 43.3 Å². The Morgan fingerprint density at radius 2 is 1.78 bits per heavy atom. The van der Waals surface area contributed by atoms with Crippen LogP contribution in [0.2, 0.25) is 0 Å². The van der Waals surface area contributed by atoms with Gasteiger partial charge in [-0.15, -0.1) is 0 Å². The maximum atomic E-state index is 12.4. The summed E-state index contributed by atoms with van der Waals surface area (Å²) < 4.78 is 10.6. The number of hydrogen-bond donors (Lipinski definition) is 2. The number of methoxy groups -OCH3 is 2. The number of carbonyl (C=O) groups is 1. The van der Waals surface area contributed by atoms with E-state index in [9.17, 15) is 4.79 Å². The second kappa shape index (κ2) is 7.78. The Balaban J connectivity index is 1.85. The number of nitrogens with zero attached hydrogens (tertiary/aromatic N) is 1. The van der Waals surface area contributed by atoms with E-state index in [0.29, 0.717) is 28.7 Å². The highest BCUT2D eigenvalue weighted by Crippen LogP contribution is 2.34. The first-order valence-corrected chi connectivity index (χ1v) is 8.38. The molecule has 1 aromatic heterocycles. The van der Waals surface area contributed by atoms with Crippen molar-refractivity contribution in [2.45, 2.75) is 6.92 Å². The first-order chi connectivity index (χ1) is 13.0. The summed E-state index contributed by atoms with van der Waals surface area (Å²) in [5, 5.41) is 2.77. The molecule has 0 saturated heterocycles. The summed E-state index contributed by atoms with van der Waals surface area (Å²) in [4.78, 5) is 16.7. The van der Waals surface area contributed by atoms with Gasteiger partial charge in [0.25, 0.3) is 5.91 Å². The topological polar surface area (TPSA) is 86.5 Å². The average Bonchev–Trinajstić information content (AvgIpc) is 2.67. The van der Waals surface area contributed by atoms with Crippen LogP contribution < -0.4 is 20.5 Å². The number of anilines is 2. The van der Waals surface area contributed by atoms with Gasteiger partial charge in [0.1, 0.15) is 11.6 Å². The molecule has 3 N–H and O–H groups in total. The minimum atomic E-state index is -0.232. The molecule has 0 radical (unpaired) electrons. The van der Waals surface area contributed by atoms with Crippen molar-refractivity contribution < 1.29 is 14.3 Å². The van der Waals surface area contributed by atoms with Crippen molar-refractivity contribution in [2.75, 3.05) is 25.3 Å². The number of nitrogens with two attached hydrogens (primary N) is 1. The summed E-state index contributed by atoms with van der Waals surface area (Å²) >= 11 is 0. The van der Waals surface area contributed by atoms with Crippen LogP contribution in [0.5, 0.6) is 11.5 Å². The van der Waals surface area contributed by atoms with Gasteiger partial charge in [0, 0.05) is 11.1 Å². The molecule has 138 valence electrons. The number of amides is 1. The third-order valence-electron chi connectivity index (χ3n) is 4.14. The van der Waals surface area contributed by atoms with Gasteiger partial charge in [0.15, 0.2) is 11.5 Å². The molecule has 0 unspecified atom stereocenters. The van der Waals surface area contributed by atoms with Gasteiger partial charge in [-0.3, -0.25) is 4.79 Å². The van der Waals surface area contributed by atoms with Crippen LogP contribution in [0.15, 0.2) is 54.6 Å². The minimum Gasteiger partial charge on any atom is -0.493 e. The smallest absolute Gasteiger partial charge is 0.256 e. The molecule has 0 atom stereocenters. The second-order valence-corrected chi connectivity index (χ2v) is 6.02. The number of aromatic nitrogens is 1. The van der Waals surface area contributed by atoms with Gasteiger partial charge in [-0.1, -0.05) is 23.8 Å². The van der Waals surface area contributed by atoms with Gasteiger partial charge in [0.2, 0.25) is 0 Å². The normalized spacial score (nSPS) is 10.3. The lowest BCUT2D eigenvalue weighted by atomic mass is 10.1. The van der Waals surface area contributed by atoms with Crippen LogP contribution >= 0.6 is 0 Å². The van der Waals surface area contributed by atoms with E-state index in [4.69, 9.17) is 15.2 Å². The molecule has 0 saturated carbocycles. The summed E-state index contributed by atoms with van der Waals surface area (Å²) in [6.45, 7) is 1.94. The highest BCUT2D eigenvalue weighted by molar-refractivity contribution is 6.04. The van der Waals surface area contributed by atoms with Crippen molar-refractivity contribution in [1.82, 2.24) is 4.98 Å². The van der Waals surface area contributed by atoms with Crippen LogP contribution in [0.25, 0.3) is 11.1 Å². The number of benzene rings is 2. The fourth-order valence-electron chi connectivity index (χ4n) is 2.77. The average molecular weight is 363 g/mol. The van der Waals surface area contributed by atoms with Gasteiger partial charge in [-0.2, -0.15) is 0 Å². The van der Waals surface area contributed by atoms with E-state index >= 15 is 0 Å². The zero-order chi connectivity index (χ0) is 19.4. The Morgan fingerprint density at radius 3 is 2.44 bits per heavy atom. The van der Waals surface area contributed by atoms with Gasteiger partial charge in [-0.05, 0) is 48.9 Å². The third-order valence-corrected chi connectivity index (χ3v) is 4.14. The number of hydrogen-bond acceptors (Lipinski definition) is 5. The molecule has 3 rings (SSSR count). The predicted molar refractivity (Wildman–Crippen MR) is 106 cm³/mol. The molecule has 27 heavy (non-hydrogen) atoms. The van der Waals surface area contributed by atoms with Crippen LogP contribution in [0.4, 0.5) is 11.6 Å². The molecule has 0 aliphatic rings. The van der Waals surface area contributed by atoms with E-state index in [1.54, 1.807) is 32.4 Å². The summed E-state index contributed by atoms with van der Waals surface area (Å²) in [5.41, 5.74) is 9.28. The molecule has 0 fully saturated rings. The fraction of sp³-hybridized carbons (Fsp3) is 0.143. The van der Waals surface area contributed by atoms with Crippen LogP contribution in [-0.4, -0.2) is 25.1 Å². The third kappa shape index (κ3) is 4.00. The van der Waals surface area contributed by atoms with Crippen molar-refractivity contribution >= 4 is 17.5 Å². The Morgan fingerprint density at radius 1 is 1.00 bits per heavy atom. The van der Waals surface area contributed by atoms with Gasteiger partial charge < -0.3 is 20.5 Å². The monoisotopic (exact) mass is 363 g/mol. The van der Waals surface area contributed by atoms with E-state index in [1.165, 1.54) is 0 Å². The van der Waals surface area contributed by atoms with E-state index < -0.39 is 0 Å². The number of nitrogen functional groups attached to an aromatic ring is 1. The summed E-state index contributed by atoms with van der Waals surface area (Å²) in [7, 11) is 3.16. The first-order valence-electron chi connectivity index (χ1n) is 8.38. The highest BCUT2D eigenvalue weighted by Gasteiger charge is 2.12. The molecule has 0 bridgehead atoms. The number of aryl methyl sites for hydroxylation is 1. The number of ether oxygens (including phenoxy) is 2. The Bertz CT molecular complexity index is 986. The maximum absolute atomic E-state index is 12.4. The molecule has 2 aromatic carbocycles. The molecular weight excluding hydrogens is 342 g/mol. The fourth-order valence-corrected chi connectivity index (χ4v) is 2.77. The highest BCUT2D eigenvalue weighted by atomic mass is 16.5. The molecular formula is C21H21N3O3. The molecule has 6 nitrogen and oxygen atoms in total. The van der Waals surface area contributed by atoms with Crippen LogP contribution in [-0.2, 0) is 0 Å². The largest absolute Gasteiger partial charge is 0.493 e. The maximum Gasteiger partial charge on any atom is 0.256 e. The lowest BCUT2D eigenvalue weighted by Crippen LogP contribution is -2.13. The minimum absolute atomic E-state index is 0.232. The summed E-state index contributed by atoms with van der Waals surface area (Å²) in [5.74, 6) is 1.71. The van der Waals surface area contributed by atoms with Crippen LogP contribution in [0.3, 0.4) is 0 Å². The van der Waals surface area contributed by atoms with Crippen LogP contribution in [0.1, 0.15) is 15.9 Å². The summed E-state index contributed by atoms with van der Waals surface area (Å²) in [6.07, 6.45) is 0. The molecule has 3 aromatic rings. The van der Waals surface area contributed by atoms with Crippen molar-refractivity contribution in [3.05, 3.63) is 65.7 Å². The van der Waals surface area contributed by atoms with Crippen molar-refractivity contribution in [1.29, 1.82) is 0 Å².